The Kier molecular flexibility index (Phi) is 4.39. The Morgan fingerprint density at radius 2 is 1.77 bits per heavy atom. The molecule has 1 fully saturated rings. The number of carbonyl (C=O) groups is 1. The topological polar surface area (TPSA) is 58.6 Å². The molecule has 0 unspecified atom stereocenters. The lowest BCUT2D eigenvalue weighted by atomic mass is 10.0. The van der Waals surface area contributed by atoms with Crippen LogP contribution in [0.25, 0.3) is 10.8 Å². The van der Waals surface area contributed by atoms with E-state index in [2.05, 4.69) is 14.9 Å². The van der Waals surface area contributed by atoms with E-state index < -0.39 is 0 Å². The molecule has 0 bridgehead atoms. The van der Waals surface area contributed by atoms with Crippen LogP contribution in [0.4, 0.5) is 5.95 Å². The van der Waals surface area contributed by atoms with E-state index in [1.165, 1.54) is 0 Å². The molecule has 1 aliphatic heterocycles. The summed E-state index contributed by atoms with van der Waals surface area (Å²) in [6.07, 6.45) is 1.69. The molecule has 1 aromatic heterocycles. The highest BCUT2D eigenvalue weighted by Gasteiger charge is 2.24. The van der Waals surface area contributed by atoms with Gasteiger partial charge in [-0.25, -0.2) is 4.98 Å². The molecule has 0 atom stereocenters. The number of methoxy groups -OCH3 is 1. The summed E-state index contributed by atoms with van der Waals surface area (Å²) in [4.78, 5) is 25.7. The SMILES string of the molecule is COc1ccnc(N2CCN(C(=O)c3cccc4ccccc34)CC2)n1. The fourth-order valence-electron chi connectivity index (χ4n) is 3.29. The second kappa shape index (κ2) is 7.00. The first-order valence-electron chi connectivity index (χ1n) is 8.65. The van der Waals surface area contributed by atoms with Crippen LogP contribution < -0.4 is 9.64 Å². The van der Waals surface area contributed by atoms with E-state index in [1.807, 2.05) is 47.4 Å². The van der Waals surface area contributed by atoms with Crippen LogP contribution in [-0.4, -0.2) is 54.1 Å². The van der Waals surface area contributed by atoms with E-state index in [1.54, 1.807) is 19.4 Å². The van der Waals surface area contributed by atoms with Crippen molar-refractivity contribution in [2.75, 3.05) is 38.2 Å². The highest BCUT2D eigenvalue weighted by molar-refractivity contribution is 6.07. The number of hydrogen-bond acceptors (Lipinski definition) is 5. The predicted molar refractivity (Wildman–Crippen MR) is 101 cm³/mol. The van der Waals surface area contributed by atoms with Gasteiger partial charge in [-0.1, -0.05) is 36.4 Å². The van der Waals surface area contributed by atoms with E-state index in [4.69, 9.17) is 4.74 Å². The monoisotopic (exact) mass is 348 g/mol. The van der Waals surface area contributed by atoms with Gasteiger partial charge < -0.3 is 14.5 Å². The summed E-state index contributed by atoms with van der Waals surface area (Å²) in [5.74, 6) is 1.26. The molecule has 0 N–H and O–H groups in total. The molecule has 4 rings (SSSR count). The zero-order chi connectivity index (χ0) is 17.9. The number of anilines is 1. The molecule has 132 valence electrons. The van der Waals surface area contributed by atoms with Crippen LogP contribution in [0.3, 0.4) is 0 Å². The van der Waals surface area contributed by atoms with Crippen LogP contribution in [0.15, 0.2) is 54.7 Å². The first-order valence-corrected chi connectivity index (χ1v) is 8.65. The summed E-state index contributed by atoms with van der Waals surface area (Å²) in [7, 11) is 1.59. The zero-order valence-electron chi connectivity index (χ0n) is 14.6. The molecule has 0 aliphatic carbocycles. The maximum atomic E-state index is 13.0. The quantitative estimate of drug-likeness (QED) is 0.728. The predicted octanol–water partition coefficient (Wildman–Crippen LogP) is 2.60. The summed E-state index contributed by atoms with van der Waals surface area (Å²) in [6, 6.07) is 15.6. The van der Waals surface area contributed by atoms with Crippen molar-refractivity contribution in [2.24, 2.45) is 0 Å². The van der Waals surface area contributed by atoms with Gasteiger partial charge in [-0.05, 0) is 16.8 Å². The summed E-state index contributed by atoms with van der Waals surface area (Å²) >= 11 is 0. The minimum Gasteiger partial charge on any atom is -0.481 e. The van der Waals surface area contributed by atoms with Gasteiger partial charge >= 0.3 is 0 Å². The van der Waals surface area contributed by atoms with E-state index in [0.717, 1.165) is 16.3 Å². The lowest BCUT2D eigenvalue weighted by molar-refractivity contribution is 0.0748. The van der Waals surface area contributed by atoms with Crippen LogP contribution in [0.2, 0.25) is 0 Å². The molecule has 3 aromatic rings. The van der Waals surface area contributed by atoms with Crippen molar-refractivity contribution in [3.8, 4) is 5.88 Å². The van der Waals surface area contributed by atoms with Gasteiger partial charge in [-0.2, -0.15) is 4.98 Å². The fourth-order valence-corrected chi connectivity index (χ4v) is 3.29. The second-order valence-corrected chi connectivity index (χ2v) is 6.20. The number of aromatic nitrogens is 2. The molecule has 0 saturated carbocycles. The number of benzene rings is 2. The van der Waals surface area contributed by atoms with E-state index in [9.17, 15) is 4.79 Å². The highest BCUT2D eigenvalue weighted by atomic mass is 16.5. The van der Waals surface area contributed by atoms with Gasteiger partial charge in [0.05, 0.1) is 7.11 Å². The summed E-state index contributed by atoms with van der Waals surface area (Å²) in [6.45, 7) is 2.68. The molecular formula is C20H20N4O2. The lowest BCUT2D eigenvalue weighted by Crippen LogP contribution is -2.49. The molecule has 6 heteroatoms. The Hall–Kier alpha value is -3.15. The Labute approximate surface area is 152 Å². The van der Waals surface area contributed by atoms with Gasteiger partial charge in [0, 0.05) is 44.0 Å². The van der Waals surface area contributed by atoms with Crippen molar-refractivity contribution in [1.29, 1.82) is 0 Å². The number of carbonyl (C=O) groups excluding carboxylic acids is 1. The van der Waals surface area contributed by atoms with Crippen molar-refractivity contribution in [1.82, 2.24) is 14.9 Å². The van der Waals surface area contributed by atoms with Crippen molar-refractivity contribution >= 4 is 22.6 Å². The summed E-state index contributed by atoms with van der Waals surface area (Å²) < 4.78 is 5.16. The third-order valence-corrected chi connectivity index (χ3v) is 4.70. The fraction of sp³-hybridized carbons (Fsp3) is 0.250. The zero-order valence-corrected chi connectivity index (χ0v) is 14.6. The van der Waals surface area contributed by atoms with Crippen molar-refractivity contribution in [2.45, 2.75) is 0 Å². The maximum absolute atomic E-state index is 13.0. The second-order valence-electron chi connectivity index (χ2n) is 6.20. The number of hydrogen-bond donors (Lipinski definition) is 0. The maximum Gasteiger partial charge on any atom is 0.254 e. The van der Waals surface area contributed by atoms with Gasteiger partial charge in [0.15, 0.2) is 0 Å². The van der Waals surface area contributed by atoms with Crippen molar-refractivity contribution in [3.05, 3.63) is 60.3 Å². The van der Waals surface area contributed by atoms with Crippen molar-refractivity contribution < 1.29 is 9.53 Å². The number of amides is 1. The summed E-state index contributed by atoms with van der Waals surface area (Å²) in [5, 5.41) is 2.08. The van der Waals surface area contributed by atoms with Gasteiger partial charge in [0.25, 0.3) is 5.91 Å². The van der Waals surface area contributed by atoms with Crippen LogP contribution >= 0.6 is 0 Å². The summed E-state index contributed by atoms with van der Waals surface area (Å²) in [5.41, 5.74) is 0.759. The highest BCUT2D eigenvalue weighted by Crippen LogP contribution is 2.21. The molecule has 2 aromatic carbocycles. The third kappa shape index (κ3) is 3.06. The largest absolute Gasteiger partial charge is 0.481 e. The van der Waals surface area contributed by atoms with Gasteiger partial charge in [-0.15, -0.1) is 0 Å². The minimum atomic E-state index is 0.0769. The Bertz CT molecular complexity index is 931. The van der Waals surface area contributed by atoms with Gasteiger partial charge in [0.1, 0.15) is 0 Å². The average molecular weight is 348 g/mol. The van der Waals surface area contributed by atoms with E-state index in [-0.39, 0.29) is 5.91 Å². The van der Waals surface area contributed by atoms with Gasteiger partial charge in [-0.3, -0.25) is 4.79 Å². The van der Waals surface area contributed by atoms with E-state index >= 15 is 0 Å². The minimum absolute atomic E-state index is 0.0769. The van der Waals surface area contributed by atoms with Gasteiger partial charge in [0.2, 0.25) is 11.8 Å². The normalized spacial score (nSPS) is 14.5. The van der Waals surface area contributed by atoms with Crippen LogP contribution in [0, 0.1) is 0 Å². The number of piperazine rings is 1. The number of ether oxygens (including phenoxy) is 1. The lowest BCUT2D eigenvalue weighted by Gasteiger charge is -2.35. The molecule has 2 heterocycles. The van der Waals surface area contributed by atoms with Crippen LogP contribution in [0.5, 0.6) is 5.88 Å². The Balaban J connectivity index is 1.50. The molecule has 26 heavy (non-hydrogen) atoms. The molecule has 0 radical (unpaired) electrons. The Morgan fingerprint density at radius 3 is 2.58 bits per heavy atom. The molecule has 0 spiro atoms. The standard InChI is InChI=1S/C20H20N4O2/c1-26-18-9-10-21-20(22-18)24-13-11-23(12-14-24)19(25)17-8-4-6-15-5-2-3-7-16(15)17/h2-10H,11-14H2,1H3. The van der Waals surface area contributed by atoms with Crippen LogP contribution in [-0.2, 0) is 0 Å². The molecular weight excluding hydrogens is 328 g/mol. The molecule has 6 nitrogen and oxygen atoms in total. The molecule has 1 aliphatic rings. The first-order chi connectivity index (χ1) is 12.8. The number of rotatable bonds is 3. The average Bonchev–Trinajstić information content (AvgIpc) is 2.73. The first kappa shape index (κ1) is 16.3. The molecule has 1 saturated heterocycles. The number of fused-ring (bicyclic) bond motifs is 1. The molecule has 1 amide bonds. The number of nitrogens with zero attached hydrogens (tertiary/aromatic N) is 4. The Morgan fingerprint density at radius 1 is 1.00 bits per heavy atom. The van der Waals surface area contributed by atoms with Crippen molar-refractivity contribution in [3.63, 3.8) is 0 Å². The van der Waals surface area contributed by atoms with Crippen LogP contribution in [0.1, 0.15) is 10.4 Å². The van der Waals surface area contributed by atoms with E-state index in [0.29, 0.717) is 38.0 Å². The third-order valence-electron chi connectivity index (χ3n) is 4.70. The smallest absolute Gasteiger partial charge is 0.254 e.